The molecule has 2 aromatic rings. The zero-order valence-corrected chi connectivity index (χ0v) is 15.2. The molecule has 1 aliphatic carbocycles. The largest absolute Gasteiger partial charge is 0.412 e. The third kappa shape index (κ3) is 2.34. The smallest absolute Gasteiger partial charge is 0.234 e. The van der Waals surface area contributed by atoms with E-state index in [1.165, 1.54) is 27.8 Å². The molecule has 5 rings (SSSR count). The summed E-state index contributed by atoms with van der Waals surface area (Å²) in [5.41, 5.74) is 14.5. The van der Waals surface area contributed by atoms with Crippen molar-refractivity contribution in [1.82, 2.24) is 0 Å². The predicted octanol–water partition coefficient (Wildman–Crippen LogP) is 5.10. The van der Waals surface area contributed by atoms with E-state index in [2.05, 4.69) is 64.2 Å². The van der Waals surface area contributed by atoms with Gasteiger partial charge in [-0.1, -0.05) is 54.6 Å². The van der Waals surface area contributed by atoms with Gasteiger partial charge in [-0.05, 0) is 36.1 Å². The summed E-state index contributed by atoms with van der Waals surface area (Å²) in [4.78, 5) is 0. The summed E-state index contributed by atoms with van der Waals surface area (Å²) < 4.78 is 1.89. The lowest BCUT2D eigenvalue weighted by molar-refractivity contribution is -0.394. The van der Waals surface area contributed by atoms with Crippen molar-refractivity contribution in [2.24, 2.45) is 10.2 Å². The molecule has 4 heteroatoms. The Balaban J connectivity index is 1.90. The molecule has 27 heavy (non-hydrogen) atoms. The van der Waals surface area contributed by atoms with E-state index in [-0.39, 0.29) is 0 Å². The maximum Gasteiger partial charge on any atom is 0.234 e. The van der Waals surface area contributed by atoms with E-state index in [1.807, 2.05) is 36.9 Å². The van der Waals surface area contributed by atoms with Crippen LogP contribution in [0.2, 0.25) is 0 Å². The molecular formula is C23H18N4. The Morgan fingerprint density at radius 2 is 1.30 bits per heavy atom. The highest BCUT2D eigenvalue weighted by atomic mass is 15.4. The van der Waals surface area contributed by atoms with E-state index in [0.717, 1.165) is 22.7 Å². The molecule has 0 aromatic heterocycles. The maximum atomic E-state index is 4.53. The number of hydrogen-bond donors (Lipinski definition) is 0. The van der Waals surface area contributed by atoms with Crippen molar-refractivity contribution in [3.63, 3.8) is 0 Å². The highest BCUT2D eigenvalue weighted by Crippen LogP contribution is 2.46. The van der Waals surface area contributed by atoms with Crippen LogP contribution in [0.25, 0.3) is 22.1 Å². The zero-order valence-electron chi connectivity index (χ0n) is 15.2. The molecule has 0 saturated heterocycles. The molecule has 0 radical (unpaired) electrons. The van der Waals surface area contributed by atoms with Crippen LogP contribution in [0.15, 0.2) is 88.9 Å². The number of hydrogen-bond acceptors (Lipinski definition) is 2. The summed E-state index contributed by atoms with van der Waals surface area (Å²) in [6.07, 6.45) is 7.65. The van der Waals surface area contributed by atoms with Crippen LogP contribution in [0, 0.1) is 0 Å². The second-order valence-electron chi connectivity index (χ2n) is 6.70. The lowest BCUT2D eigenvalue weighted by Gasteiger charge is -2.21. The second kappa shape index (κ2) is 6.02. The Kier molecular flexibility index (Phi) is 3.50. The lowest BCUT2D eigenvalue weighted by atomic mass is 9.90. The van der Waals surface area contributed by atoms with Crippen molar-refractivity contribution in [1.29, 1.82) is 0 Å². The molecule has 0 spiro atoms. The molecule has 0 amide bonds. The SMILES string of the molecule is CC1=NN=C(C)/C(=[N+]2\C=CC=C[N-]2)C1=C1c2ccccc2-c2ccccc21. The van der Waals surface area contributed by atoms with Crippen LogP contribution < -0.4 is 0 Å². The minimum absolute atomic E-state index is 0.855. The van der Waals surface area contributed by atoms with Crippen LogP contribution in [0.5, 0.6) is 0 Å². The van der Waals surface area contributed by atoms with Gasteiger partial charge in [0, 0.05) is 11.6 Å². The second-order valence-corrected chi connectivity index (χ2v) is 6.70. The predicted molar refractivity (Wildman–Crippen MR) is 111 cm³/mol. The number of benzene rings is 2. The normalized spacial score (nSPS) is 20.1. The van der Waals surface area contributed by atoms with Crippen molar-refractivity contribution in [3.05, 3.63) is 95.2 Å². The minimum atomic E-state index is 0.855. The van der Waals surface area contributed by atoms with Gasteiger partial charge in [-0.3, -0.25) is 0 Å². The van der Waals surface area contributed by atoms with Crippen LogP contribution in [0.3, 0.4) is 0 Å². The van der Waals surface area contributed by atoms with E-state index < -0.39 is 0 Å². The van der Waals surface area contributed by atoms with Gasteiger partial charge in [0.2, 0.25) is 5.71 Å². The summed E-state index contributed by atoms with van der Waals surface area (Å²) in [5.74, 6) is 0. The van der Waals surface area contributed by atoms with Crippen LogP contribution in [0.4, 0.5) is 0 Å². The molecule has 3 aliphatic rings. The number of rotatable bonds is 0. The molecule has 0 bridgehead atoms. The molecule has 0 N–H and O–H groups in total. The number of allylic oxidation sites excluding steroid dienone is 3. The van der Waals surface area contributed by atoms with Gasteiger partial charge in [0.05, 0.1) is 11.3 Å². The summed E-state index contributed by atoms with van der Waals surface area (Å²) >= 11 is 0. The Morgan fingerprint density at radius 3 is 1.89 bits per heavy atom. The Morgan fingerprint density at radius 1 is 0.704 bits per heavy atom. The first-order valence-electron chi connectivity index (χ1n) is 8.99. The average Bonchev–Trinajstić information content (AvgIpc) is 3.04. The molecule has 0 saturated carbocycles. The summed E-state index contributed by atoms with van der Waals surface area (Å²) in [6.45, 7) is 4.01. The third-order valence-electron chi connectivity index (χ3n) is 5.07. The van der Waals surface area contributed by atoms with Crippen molar-refractivity contribution < 1.29 is 4.68 Å². The monoisotopic (exact) mass is 350 g/mol. The van der Waals surface area contributed by atoms with E-state index in [1.54, 1.807) is 6.20 Å². The summed E-state index contributed by atoms with van der Waals surface area (Å²) in [5, 5.41) is 8.82. The molecule has 2 aromatic carbocycles. The number of fused-ring (bicyclic) bond motifs is 3. The van der Waals surface area contributed by atoms with Crippen molar-refractivity contribution in [2.45, 2.75) is 13.8 Å². The summed E-state index contributed by atoms with van der Waals surface area (Å²) in [6, 6.07) is 17.1. The molecular weight excluding hydrogens is 332 g/mol. The van der Waals surface area contributed by atoms with Gasteiger partial charge in [0.1, 0.15) is 5.71 Å². The van der Waals surface area contributed by atoms with Gasteiger partial charge >= 0.3 is 0 Å². The molecule has 2 heterocycles. The molecule has 0 unspecified atom stereocenters. The maximum absolute atomic E-state index is 4.53. The quantitative estimate of drug-likeness (QED) is 0.506. The van der Waals surface area contributed by atoms with Crippen LogP contribution in [-0.2, 0) is 0 Å². The molecule has 0 atom stereocenters. The Labute approximate surface area is 158 Å². The molecule has 2 aliphatic heterocycles. The third-order valence-corrected chi connectivity index (χ3v) is 5.07. The van der Waals surface area contributed by atoms with Gasteiger partial charge in [0.25, 0.3) is 0 Å². The van der Waals surface area contributed by atoms with E-state index in [4.69, 9.17) is 0 Å². The van der Waals surface area contributed by atoms with Crippen LogP contribution >= 0.6 is 0 Å². The van der Waals surface area contributed by atoms with Gasteiger partial charge in [-0.2, -0.15) is 5.10 Å². The first-order chi connectivity index (χ1) is 13.3. The first kappa shape index (κ1) is 15.7. The fourth-order valence-corrected chi connectivity index (χ4v) is 3.93. The Bertz CT molecular complexity index is 1110. The first-order valence-corrected chi connectivity index (χ1v) is 8.99. The summed E-state index contributed by atoms with van der Waals surface area (Å²) in [7, 11) is 0. The van der Waals surface area contributed by atoms with Gasteiger partial charge in [-0.15, -0.1) is 11.3 Å². The lowest BCUT2D eigenvalue weighted by Crippen LogP contribution is -2.30. The standard InChI is InChI=1S/C23H18N4/c1-15-21(23(16(2)26-25-15)27-14-8-7-13-24-27)22-19-11-5-3-9-17(19)18-10-4-6-12-20(18)22/h3-14H,1-2H3/b27-23-. The van der Waals surface area contributed by atoms with Crippen LogP contribution in [-0.4, -0.2) is 21.8 Å². The molecule has 0 fully saturated rings. The molecule has 130 valence electrons. The highest BCUT2D eigenvalue weighted by molar-refractivity contribution is 6.55. The highest BCUT2D eigenvalue weighted by Gasteiger charge is 2.34. The molecule has 4 nitrogen and oxygen atoms in total. The van der Waals surface area contributed by atoms with Crippen LogP contribution in [0.1, 0.15) is 25.0 Å². The average molecular weight is 350 g/mol. The van der Waals surface area contributed by atoms with Crippen molar-refractivity contribution >= 4 is 22.7 Å². The van der Waals surface area contributed by atoms with Crippen molar-refractivity contribution in [3.8, 4) is 11.1 Å². The van der Waals surface area contributed by atoms with Gasteiger partial charge in [-0.25, -0.2) is 4.68 Å². The zero-order chi connectivity index (χ0) is 18.4. The van der Waals surface area contributed by atoms with E-state index >= 15 is 0 Å². The van der Waals surface area contributed by atoms with Gasteiger partial charge in [0.15, 0.2) is 6.20 Å². The van der Waals surface area contributed by atoms with E-state index in [9.17, 15) is 0 Å². The minimum Gasteiger partial charge on any atom is -0.412 e. The Hall–Kier alpha value is -3.53. The fourth-order valence-electron chi connectivity index (χ4n) is 3.93. The topological polar surface area (TPSA) is 41.8 Å². The number of nitrogens with zero attached hydrogens (tertiary/aromatic N) is 4. The van der Waals surface area contributed by atoms with E-state index in [0.29, 0.717) is 0 Å². The van der Waals surface area contributed by atoms with Gasteiger partial charge < -0.3 is 5.43 Å². The fraction of sp³-hybridized carbons (Fsp3) is 0.0870. The van der Waals surface area contributed by atoms with Crippen molar-refractivity contribution in [2.75, 3.05) is 0 Å².